The Hall–Kier alpha value is -0.260. The summed E-state index contributed by atoms with van der Waals surface area (Å²) in [6.07, 6.45) is 25.3. The van der Waals surface area contributed by atoms with Gasteiger partial charge >= 0.3 is 0 Å². The molecular weight excluding hydrogens is 228 g/mol. The minimum atomic E-state index is 1.11. The van der Waals surface area contributed by atoms with Gasteiger partial charge in [-0.25, -0.2) is 0 Å². The van der Waals surface area contributed by atoms with Crippen molar-refractivity contribution in [2.24, 2.45) is 0 Å². The van der Waals surface area contributed by atoms with E-state index in [-0.39, 0.29) is 0 Å². The Labute approximate surface area is 123 Å². The van der Waals surface area contributed by atoms with Crippen molar-refractivity contribution in [3.8, 4) is 0 Å². The number of allylic oxidation sites excluding steroid dienone is 2. The summed E-state index contributed by atoms with van der Waals surface area (Å²) in [5.74, 6) is 0. The molecule has 0 aromatic carbocycles. The van der Waals surface area contributed by atoms with E-state index < -0.39 is 0 Å². The normalized spacial score (nSPS) is 11.5. The minimum absolute atomic E-state index is 1.11. The van der Waals surface area contributed by atoms with E-state index in [1.54, 1.807) is 0 Å². The van der Waals surface area contributed by atoms with Crippen LogP contribution in [-0.4, -0.2) is 0 Å². The summed E-state index contributed by atoms with van der Waals surface area (Å²) < 4.78 is 0. The topological polar surface area (TPSA) is 0 Å². The van der Waals surface area contributed by atoms with Gasteiger partial charge in [-0.1, -0.05) is 96.6 Å². The predicted octanol–water partition coefficient (Wildman–Crippen LogP) is 7.25. The lowest BCUT2D eigenvalue weighted by Crippen LogP contribution is -1.80. The van der Waals surface area contributed by atoms with Crippen LogP contribution in [0.2, 0.25) is 0 Å². The highest BCUT2D eigenvalue weighted by Gasteiger charge is 1.90. The molecule has 0 spiro atoms. The lowest BCUT2D eigenvalue weighted by atomic mass is 10.1. The molecule has 113 valence electrons. The maximum atomic E-state index is 3.88. The fourth-order valence-corrected chi connectivity index (χ4v) is 2.42. The molecule has 0 saturated carbocycles. The van der Waals surface area contributed by atoms with Gasteiger partial charge in [0.05, 0.1) is 0 Å². The van der Waals surface area contributed by atoms with Gasteiger partial charge in [0.15, 0.2) is 0 Å². The highest BCUT2D eigenvalue weighted by Crippen LogP contribution is 2.10. The summed E-state index contributed by atoms with van der Waals surface area (Å²) >= 11 is 0. The highest BCUT2D eigenvalue weighted by molar-refractivity contribution is 4.81. The van der Waals surface area contributed by atoms with E-state index >= 15 is 0 Å². The van der Waals surface area contributed by atoms with Crippen LogP contribution in [0.5, 0.6) is 0 Å². The Morgan fingerprint density at radius 1 is 0.579 bits per heavy atom. The molecule has 0 aliphatic heterocycles. The van der Waals surface area contributed by atoms with Crippen LogP contribution in [0.4, 0.5) is 0 Å². The van der Waals surface area contributed by atoms with Crippen LogP contribution in [0.1, 0.15) is 103 Å². The number of hydrogen-bond donors (Lipinski definition) is 0. The van der Waals surface area contributed by atoms with Crippen molar-refractivity contribution in [2.45, 2.75) is 103 Å². The third-order valence-corrected chi connectivity index (χ3v) is 3.76. The zero-order valence-corrected chi connectivity index (χ0v) is 13.5. The van der Waals surface area contributed by atoms with E-state index in [1.807, 2.05) is 0 Å². The molecule has 0 aromatic heterocycles. The standard InChI is InChI=1S/C19H37/c1-3-5-7-9-11-13-15-17-19-18-16-14-12-10-8-6-4-2/h15,17H,1,3-14,16,18-19H2,2H3. The van der Waals surface area contributed by atoms with Crippen LogP contribution >= 0.6 is 0 Å². The van der Waals surface area contributed by atoms with Gasteiger partial charge in [0.1, 0.15) is 0 Å². The Bertz CT molecular complexity index is 169. The first-order chi connectivity index (χ1) is 9.41. The molecule has 0 aliphatic rings. The molecule has 0 heterocycles. The third-order valence-electron chi connectivity index (χ3n) is 3.76. The lowest BCUT2D eigenvalue weighted by Gasteiger charge is -2.00. The Morgan fingerprint density at radius 2 is 1.00 bits per heavy atom. The van der Waals surface area contributed by atoms with Crippen molar-refractivity contribution in [2.75, 3.05) is 0 Å². The van der Waals surface area contributed by atoms with E-state index in [4.69, 9.17) is 0 Å². The SMILES string of the molecule is [CH2]CCCCCCC=CCCCCCCCCCC. The minimum Gasteiger partial charge on any atom is -0.0885 e. The van der Waals surface area contributed by atoms with Crippen LogP contribution in [0.3, 0.4) is 0 Å². The molecule has 0 N–H and O–H groups in total. The summed E-state index contributed by atoms with van der Waals surface area (Å²) in [6, 6.07) is 0. The molecule has 0 aromatic rings. The van der Waals surface area contributed by atoms with Crippen LogP contribution in [0.15, 0.2) is 12.2 Å². The maximum Gasteiger partial charge on any atom is -0.0351 e. The van der Waals surface area contributed by atoms with Gasteiger partial charge in [0, 0.05) is 0 Å². The number of rotatable bonds is 15. The largest absolute Gasteiger partial charge is 0.0885 e. The number of hydrogen-bond acceptors (Lipinski definition) is 0. The molecule has 0 saturated heterocycles. The van der Waals surface area contributed by atoms with Gasteiger partial charge in [-0.05, 0) is 25.7 Å². The molecule has 0 aliphatic carbocycles. The Kier molecular flexibility index (Phi) is 17.5. The van der Waals surface area contributed by atoms with E-state index in [2.05, 4.69) is 26.0 Å². The smallest absolute Gasteiger partial charge is 0.0351 e. The molecule has 0 unspecified atom stereocenters. The molecule has 0 rings (SSSR count). The van der Waals surface area contributed by atoms with Gasteiger partial charge in [0.25, 0.3) is 0 Å². The highest BCUT2D eigenvalue weighted by atomic mass is 14.0. The average Bonchev–Trinajstić information content (AvgIpc) is 2.43. The molecule has 0 amide bonds. The van der Waals surface area contributed by atoms with E-state index in [0.29, 0.717) is 0 Å². The molecule has 0 fully saturated rings. The lowest BCUT2D eigenvalue weighted by molar-refractivity contribution is 0.577. The van der Waals surface area contributed by atoms with Crippen molar-refractivity contribution < 1.29 is 0 Å². The number of unbranched alkanes of at least 4 members (excludes halogenated alkanes) is 13. The van der Waals surface area contributed by atoms with E-state index in [9.17, 15) is 0 Å². The summed E-state index contributed by atoms with van der Waals surface area (Å²) in [6.45, 7) is 6.16. The second-order valence-corrected chi connectivity index (χ2v) is 5.79. The molecule has 0 nitrogen and oxygen atoms in total. The second-order valence-electron chi connectivity index (χ2n) is 5.79. The molecular formula is C19H37. The van der Waals surface area contributed by atoms with Gasteiger partial charge < -0.3 is 0 Å². The van der Waals surface area contributed by atoms with Crippen LogP contribution < -0.4 is 0 Å². The van der Waals surface area contributed by atoms with Crippen LogP contribution in [0, 0.1) is 6.92 Å². The maximum absolute atomic E-state index is 3.88. The van der Waals surface area contributed by atoms with Crippen molar-refractivity contribution in [3.05, 3.63) is 19.1 Å². The van der Waals surface area contributed by atoms with Crippen molar-refractivity contribution >= 4 is 0 Å². The summed E-state index contributed by atoms with van der Waals surface area (Å²) in [5, 5.41) is 0. The molecule has 0 bridgehead atoms. The van der Waals surface area contributed by atoms with Crippen LogP contribution in [-0.2, 0) is 0 Å². The predicted molar refractivity (Wildman–Crippen MR) is 89.4 cm³/mol. The summed E-state index contributed by atoms with van der Waals surface area (Å²) in [7, 11) is 0. The van der Waals surface area contributed by atoms with Gasteiger partial charge in [-0.3, -0.25) is 0 Å². The third kappa shape index (κ3) is 17.7. The van der Waals surface area contributed by atoms with Crippen LogP contribution in [0.25, 0.3) is 0 Å². The van der Waals surface area contributed by atoms with E-state index in [1.165, 1.54) is 89.9 Å². The fraction of sp³-hybridized carbons (Fsp3) is 0.842. The van der Waals surface area contributed by atoms with Crippen molar-refractivity contribution in [3.63, 3.8) is 0 Å². The quantitative estimate of drug-likeness (QED) is 0.216. The van der Waals surface area contributed by atoms with Crippen molar-refractivity contribution in [1.29, 1.82) is 0 Å². The molecule has 1 radical (unpaired) electrons. The zero-order valence-electron chi connectivity index (χ0n) is 13.5. The van der Waals surface area contributed by atoms with E-state index in [0.717, 1.165) is 6.42 Å². The first-order valence-electron chi connectivity index (χ1n) is 8.86. The molecule has 19 heavy (non-hydrogen) atoms. The zero-order chi connectivity index (χ0) is 14.0. The summed E-state index contributed by atoms with van der Waals surface area (Å²) in [4.78, 5) is 0. The van der Waals surface area contributed by atoms with Gasteiger partial charge in [-0.15, -0.1) is 0 Å². The van der Waals surface area contributed by atoms with Gasteiger partial charge in [0.2, 0.25) is 0 Å². The first-order valence-corrected chi connectivity index (χ1v) is 8.86. The first kappa shape index (κ1) is 18.7. The monoisotopic (exact) mass is 265 g/mol. The molecule has 0 heteroatoms. The fourth-order valence-electron chi connectivity index (χ4n) is 2.42. The summed E-state index contributed by atoms with van der Waals surface area (Å²) in [5.41, 5.74) is 0. The average molecular weight is 266 g/mol. The van der Waals surface area contributed by atoms with Crippen molar-refractivity contribution in [1.82, 2.24) is 0 Å². The molecule has 0 atom stereocenters. The second kappa shape index (κ2) is 17.7. The Balaban J connectivity index is 3.00. The van der Waals surface area contributed by atoms with Gasteiger partial charge in [-0.2, -0.15) is 0 Å². The Morgan fingerprint density at radius 3 is 1.47 bits per heavy atom.